The molecule has 7 heteroatoms. The van der Waals surface area contributed by atoms with Gasteiger partial charge < -0.3 is 5.21 Å². The van der Waals surface area contributed by atoms with E-state index in [9.17, 15) is 10.0 Å². The number of rotatable bonds is 2. The monoisotopic (exact) mass is 287 g/mol. The zero-order valence-electron chi connectivity index (χ0n) is 12.1. The zero-order chi connectivity index (χ0) is 15.5. The molecular weight excluding hydrogens is 270 g/mol. The molecule has 0 aromatic carbocycles. The smallest absolute Gasteiger partial charge is 0.420 e. The van der Waals surface area contributed by atoms with Crippen molar-refractivity contribution in [3.8, 4) is 11.4 Å². The van der Waals surface area contributed by atoms with Gasteiger partial charge in [-0.2, -0.15) is 0 Å². The van der Waals surface area contributed by atoms with Crippen LogP contribution in [0.3, 0.4) is 0 Å². The molecule has 7 nitrogen and oxygen atoms in total. The van der Waals surface area contributed by atoms with Crippen LogP contribution in [-0.4, -0.2) is 26.5 Å². The third-order valence-electron chi connectivity index (χ3n) is 2.72. The van der Waals surface area contributed by atoms with Gasteiger partial charge in [0.05, 0.1) is 5.54 Å². The molecule has 2 rings (SSSR count). The second kappa shape index (κ2) is 5.94. The Labute approximate surface area is 122 Å². The molecule has 0 aliphatic heterocycles. The van der Waals surface area contributed by atoms with E-state index >= 15 is 0 Å². The van der Waals surface area contributed by atoms with Gasteiger partial charge in [0, 0.05) is 24.2 Å². The maximum Gasteiger partial charge on any atom is 0.420 e. The molecule has 0 aliphatic rings. The van der Waals surface area contributed by atoms with Gasteiger partial charge in [0.2, 0.25) is 0 Å². The van der Waals surface area contributed by atoms with Crippen LogP contribution in [0.25, 0.3) is 11.4 Å². The lowest BCUT2D eigenvalue weighted by Crippen LogP contribution is -3.17. The van der Waals surface area contributed by atoms with E-state index < -0.39 is 16.6 Å². The Kier molecular flexibility index (Phi) is 4.25. The molecule has 0 radical (unpaired) electrons. The Bertz CT molecular complexity index is 625. The first-order valence-electron chi connectivity index (χ1n) is 6.47. The van der Waals surface area contributed by atoms with Crippen LogP contribution in [0.2, 0.25) is 0 Å². The maximum absolute atomic E-state index is 11.9. The first-order chi connectivity index (χ1) is 9.88. The minimum absolute atomic E-state index is 0.291. The van der Waals surface area contributed by atoms with E-state index in [1.807, 2.05) is 0 Å². The van der Waals surface area contributed by atoms with Gasteiger partial charge in [-0.05, 0) is 39.0 Å². The summed E-state index contributed by atoms with van der Waals surface area (Å²) in [7, 11) is 0. The second-order valence-corrected chi connectivity index (χ2v) is 5.53. The summed E-state index contributed by atoms with van der Waals surface area (Å²) in [4.78, 5) is 24.2. The average Bonchev–Trinajstić information content (AvgIpc) is 2.46. The van der Waals surface area contributed by atoms with Crippen LogP contribution < -0.4 is 10.4 Å². The Balaban J connectivity index is 2.17. The third kappa shape index (κ3) is 3.80. The fraction of sp³-hybridized carbons (Fsp3) is 0.286. The van der Waals surface area contributed by atoms with Gasteiger partial charge in [-0.3, -0.25) is 15.4 Å². The van der Waals surface area contributed by atoms with Crippen molar-refractivity contribution >= 4 is 11.8 Å². The molecule has 21 heavy (non-hydrogen) atoms. The number of hydrogen-bond donors (Lipinski definition) is 2. The van der Waals surface area contributed by atoms with Crippen LogP contribution >= 0.6 is 0 Å². The number of pyridine rings is 1. The average molecular weight is 287 g/mol. The van der Waals surface area contributed by atoms with Gasteiger partial charge in [-0.1, -0.05) is 0 Å². The highest BCUT2D eigenvalue weighted by Crippen LogP contribution is 2.14. The quantitative estimate of drug-likeness (QED) is 0.811. The number of quaternary nitrogens is 1. The molecule has 0 bridgehead atoms. The molecule has 110 valence electrons. The van der Waals surface area contributed by atoms with Crippen LogP contribution in [0.4, 0.5) is 10.6 Å². The zero-order valence-corrected chi connectivity index (χ0v) is 12.1. The van der Waals surface area contributed by atoms with E-state index in [1.165, 1.54) is 6.20 Å². The SMILES string of the molecule is CC(C)(C)[NH+]([O-])C(=O)Nc1ccnc(-c2ccncc2)n1. The van der Waals surface area contributed by atoms with E-state index in [1.54, 1.807) is 51.4 Å². The molecule has 2 aromatic heterocycles. The fourth-order valence-corrected chi connectivity index (χ4v) is 1.58. The lowest BCUT2D eigenvalue weighted by atomic mass is 10.1. The van der Waals surface area contributed by atoms with Gasteiger partial charge in [0.25, 0.3) is 0 Å². The van der Waals surface area contributed by atoms with Crippen molar-refractivity contribution in [1.29, 1.82) is 0 Å². The summed E-state index contributed by atoms with van der Waals surface area (Å²) in [6.07, 6.45) is 4.79. The Morgan fingerprint density at radius 1 is 1.19 bits per heavy atom. The van der Waals surface area contributed by atoms with E-state index in [4.69, 9.17) is 0 Å². The summed E-state index contributed by atoms with van der Waals surface area (Å²) in [5.74, 6) is 0.748. The Morgan fingerprint density at radius 2 is 1.86 bits per heavy atom. The highest BCUT2D eigenvalue weighted by atomic mass is 16.5. The molecule has 0 fully saturated rings. The summed E-state index contributed by atoms with van der Waals surface area (Å²) >= 11 is 0. The lowest BCUT2D eigenvalue weighted by Gasteiger charge is -2.32. The van der Waals surface area contributed by atoms with Crippen molar-refractivity contribution in [2.45, 2.75) is 26.3 Å². The van der Waals surface area contributed by atoms with Crippen LogP contribution in [0.15, 0.2) is 36.8 Å². The topological polar surface area (TPSA) is 95.3 Å². The normalized spacial score (nSPS) is 12.8. The summed E-state index contributed by atoms with van der Waals surface area (Å²) < 4.78 is 0. The fourth-order valence-electron chi connectivity index (χ4n) is 1.58. The number of aromatic nitrogens is 3. The maximum atomic E-state index is 11.9. The summed E-state index contributed by atoms with van der Waals surface area (Å²) in [6, 6.07) is 4.39. The third-order valence-corrected chi connectivity index (χ3v) is 2.72. The number of nitrogens with one attached hydrogen (secondary N) is 2. The molecule has 2 amide bonds. The number of urea groups is 1. The summed E-state index contributed by atoms with van der Waals surface area (Å²) in [5, 5.41) is 13.9. The van der Waals surface area contributed by atoms with Gasteiger partial charge in [-0.25, -0.2) is 14.8 Å². The van der Waals surface area contributed by atoms with Crippen molar-refractivity contribution in [3.63, 3.8) is 0 Å². The number of anilines is 1. The molecule has 1 atom stereocenters. The van der Waals surface area contributed by atoms with E-state index in [-0.39, 0.29) is 0 Å². The van der Waals surface area contributed by atoms with Gasteiger partial charge in [0.1, 0.15) is 5.82 Å². The molecule has 1 unspecified atom stereocenters. The largest absolute Gasteiger partial charge is 0.625 e. The number of carbonyl (C=O) groups excluding carboxylic acids is 1. The second-order valence-electron chi connectivity index (χ2n) is 5.53. The minimum atomic E-state index is -0.731. The molecule has 2 N–H and O–H groups in total. The van der Waals surface area contributed by atoms with Crippen LogP contribution in [0.1, 0.15) is 20.8 Å². The summed E-state index contributed by atoms with van der Waals surface area (Å²) in [5.41, 5.74) is 0.0497. The highest BCUT2D eigenvalue weighted by Gasteiger charge is 2.25. The van der Waals surface area contributed by atoms with E-state index in [0.717, 1.165) is 5.56 Å². The van der Waals surface area contributed by atoms with Crippen molar-refractivity contribution in [2.75, 3.05) is 5.32 Å². The number of hydrogen-bond acceptors (Lipinski definition) is 5. The molecule has 0 saturated heterocycles. The Morgan fingerprint density at radius 3 is 2.48 bits per heavy atom. The van der Waals surface area contributed by atoms with Crippen molar-refractivity contribution in [2.24, 2.45) is 0 Å². The highest BCUT2D eigenvalue weighted by molar-refractivity contribution is 5.81. The van der Waals surface area contributed by atoms with Gasteiger partial charge in [-0.15, -0.1) is 0 Å². The number of amides is 2. The lowest BCUT2D eigenvalue weighted by molar-refractivity contribution is -0.812. The van der Waals surface area contributed by atoms with E-state index in [0.29, 0.717) is 11.6 Å². The predicted molar refractivity (Wildman–Crippen MR) is 78.4 cm³/mol. The predicted octanol–water partition coefficient (Wildman–Crippen LogP) is 1.25. The number of carbonyl (C=O) groups is 1. The molecule has 2 heterocycles. The first-order valence-corrected chi connectivity index (χ1v) is 6.47. The molecular formula is C14H17N5O2. The minimum Gasteiger partial charge on any atom is -0.625 e. The van der Waals surface area contributed by atoms with Crippen LogP contribution in [0, 0.1) is 5.21 Å². The van der Waals surface area contributed by atoms with Gasteiger partial charge in [0.15, 0.2) is 5.82 Å². The first kappa shape index (κ1) is 15.0. The van der Waals surface area contributed by atoms with Gasteiger partial charge >= 0.3 is 6.03 Å². The Hall–Kier alpha value is -2.38. The molecule has 0 saturated carbocycles. The van der Waals surface area contributed by atoms with Crippen molar-refractivity contribution in [3.05, 3.63) is 42.0 Å². The standard InChI is InChI=1S/C14H17N5O2/c1-14(2,3)19(21)13(20)18-11-6-9-16-12(17-11)10-4-7-15-8-5-10/h4-9,19H,1-3H3,(H,16,17,18,20). The van der Waals surface area contributed by atoms with E-state index in [2.05, 4.69) is 20.3 Å². The number of nitrogens with zero attached hydrogens (tertiary/aromatic N) is 3. The molecule has 0 aliphatic carbocycles. The number of hydroxylamine groups is 2. The van der Waals surface area contributed by atoms with Crippen LogP contribution in [-0.2, 0) is 0 Å². The summed E-state index contributed by atoms with van der Waals surface area (Å²) in [6.45, 7) is 5.08. The van der Waals surface area contributed by atoms with Crippen molar-refractivity contribution in [1.82, 2.24) is 15.0 Å². The van der Waals surface area contributed by atoms with Crippen molar-refractivity contribution < 1.29 is 9.86 Å². The van der Waals surface area contributed by atoms with Crippen LogP contribution in [0.5, 0.6) is 0 Å². The molecule has 0 spiro atoms. The molecule has 2 aromatic rings.